The molecule has 4 aromatic heterocycles. The van der Waals surface area contributed by atoms with E-state index in [4.69, 9.17) is 24.7 Å². The quantitative estimate of drug-likeness (QED) is 0.128. The van der Waals surface area contributed by atoms with Gasteiger partial charge in [0.25, 0.3) is 0 Å². The highest BCUT2D eigenvalue weighted by Gasteiger charge is 2.29. The fraction of sp³-hybridized carbons (Fsp3) is 0.320. The zero-order chi connectivity index (χ0) is 42.5. The van der Waals surface area contributed by atoms with Crippen molar-refractivity contribution in [3.63, 3.8) is 0 Å². The van der Waals surface area contributed by atoms with E-state index in [-0.39, 0.29) is 0 Å². The molecule has 0 bridgehead atoms. The number of aryl methyl sites for hydroxylation is 1. The topological polar surface area (TPSA) is 126 Å². The Hall–Kier alpha value is -6.46. The van der Waals surface area contributed by atoms with Crippen molar-refractivity contribution in [2.45, 2.75) is 91.8 Å². The summed E-state index contributed by atoms with van der Waals surface area (Å²) < 4.78 is 15.8. The predicted octanol–water partition coefficient (Wildman–Crippen LogP) is 11.4. The fourth-order valence-corrected chi connectivity index (χ4v) is 7.63. The van der Waals surface area contributed by atoms with Crippen LogP contribution in [0.4, 0.5) is 0 Å². The smallest absolute Gasteiger partial charge is 0.127 e. The van der Waals surface area contributed by atoms with E-state index in [0.29, 0.717) is 31.0 Å². The predicted molar refractivity (Wildman–Crippen MR) is 243 cm³/mol. The maximum absolute atomic E-state index is 10.3. The van der Waals surface area contributed by atoms with Crippen LogP contribution in [0.25, 0.3) is 66.8 Å². The van der Waals surface area contributed by atoms with Crippen molar-refractivity contribution in [3.8, 4) is 56.5 Å². The van der Waals surface area contributed by atoms with Crippen LogP contribution in [0.5, 0.6) is 11.5 Å². The molecule has 0 aliphatic heterocycles. The van der Waals surface area contributed by atoms with Crippen LogP contribution < -0.4 is 9.47 Å². The van der Waals surface area contributed by atoms with Gasteiger partial charge < -0.3 is 14.6 Å². The van der Waals surface area contributed by atoms with Crippen LogP contribution in [0.3, 0.4) is 0 Å². The Morgan fingerprint density at radius 2 is 1.07 bits per heavy atom. The highest BCUT2D eigenvalue weighted by Crippen LogP contribution is 2.42. The Morgan fingerprint density at radius 1 is 0.607 bits per heavy atom. The lowest BCUT2D eigenvalue weighted by Gasteiger charge is -2.15. The summed E-state index contributed by atoms with van der Waals surface area (Å²) in [5.74, 6) is 1.56. The molecule has 11 heteroatoms. The number of aliphatic hydroxyl groups is 1. The minimum absolute atomic E-state index is 0.465. The number of nitrogens with zero attached hydrogens (tertiary/aromatic N) is 8. The van der Waals surface area contributed by atoms with Gasteiger partial charge in [0.2, 0.25) is 0 Å². The summed E-state index contributed by atoms with van der Waals surface area (Å²) in [6, 6.07) is 29.6. The molecule has 1 atom stereocenters. The highest BCUT2D eigenvalue weighted by molar-refractivity contribution is 5.98. The molecule has 0 saturated heterocycles. The lowest BCUT2D eigenvalue weighted by atomic mass is 10.00. The van der Waals surface area contributed by atoms with E-state index in [9.17, 15) is 5.11 Å². The van der Waals surface area contributed by atoms with Gasteiger partial charge in [0, 0.05) is 63.1 Å². The number of rotatable bonds is 12. The minimum Gasteiger partial charge on any atom is -0.494 e. The van der Waals surface area contributed by atoms with E-state index in [1.807, 2.05) is 70.2 Å². The molecule has 2 aliphatic rings. The maximum atomic E-state index is 10.3. The van der Waals surface area contributed by atoms with Crippen LogP contribution in [0.2, 0.25) is 0 Å². The molecule has 0 radical (unpaired) electrons. The van der Waals surface area contributed by atoms with Crippen LogP contribution in [0.15, 0.2) is 110 Å². The number of aliphatic hydroxyl groups excluding tert-OH is 1. The first-order chi connectivity index (χ1) is 29.9. The molecule has 0 amide bonds. The van der Waals surface area contributed by atoms with Gasteiger partial charge in [-0.05, 0) is 70.6 Å². The van der Waals surface area contributed by atoms with Crippen LogP contribution in [0, 0.1) is 0 Å². The van der Waals surface area contributed by atoms with E-state index >= 15 is 0 Å². The SMILES string of the molecule is CC.CCOc1cc2ncnc(-c3cn(C4CC4)nc3-c3ccccc3)c2cc1C(C)O.CCOc1cc2ncnc(-c3cn(C4CC4)nc3-c3ccccc3)c2cc1CC. The molecular formula is C50H54N8O3. The molecule has 2 aliphatic carbocycles. The van der Waals surface area contributed by atoms with Crippen LogP contribution in [-0.4, -0.2) is 57.8 Å². The zero-order valence-electron chi connectivity index (χ0n) is 35.9. The largest absolute Gasteiger partial charge is 0.494 e. The van der Waals surface area contributed by atoms with Crippen molar-refractivity contribution in [1.29, 1.82) is 0 Å². The number of benzene rings is 4. The zero-order valence-corrected chi connectivity index (χ0v) is 35.9. The molecule has 4 aromatic carbocycles. The molecule has 0 spiro atoms. The van der Waals surface area contributed by atoms with Crippen molar-refractivity contribution in [3.05, 3.63) is 121 Å². The van der Waals surface area contributed by atoms with Gasteiger partial charge in [-0.3, -0.25) is 9.36 Å². The third-order valence-electron chi connectivity index (χ3n) is 10.9. The van der Waals surface area contributed by atoms with Crippen molar-refractivity contribution in [2.75, 3.05) is 13.2 Å². The molecule has 10 rings (SSSR count). The average Bonchev–Trinajstić information content (AvgIpc) is 4.25. The van der Waals surface area contributed by atoms with Crippen LogP contribution in [0.1, 0.15) is 96.5 Å². The lowest BCUT2D eigenvalue weighted by molar-refractivity contribution is 0.192. The summed E-state index contributed by atoms with van der Waals surface area (Å²) in [5.41, 5.74) is 11.4. The molecule has 2 fully saturated rings. The summed E-state index contributed by atoms with van der Waals surface area (Å²) >= 11 is 0. The van der Waals surface area contributed by atoms with E-state index in [2.05, 4.69) is 86.1 Å². The van der Waals surface area contributed by atoms with Gasteiger partial charge in [0.1, 0.15) is 35.5 Å². The second-order valence-corrected chi connectivity index (χ2v) is 15.2. The Balaban J connectivity index is 0.000000162. The Morgan fingerprint density at radius 3 is 1.51 bits per heavy atom. The second kappa shape index (κ2) is 18.4. The number of fused-ring (bicyclic) bond motifs is 2. The first-order valence-corrected chi connectivity index (χ1v) is 21.7. The monoisotopic (exact) mass is 814 g/mol. The second-order valence-electron chi connectivity index (χ2n) is 15.2. The molecule has 4 heterocycles. The molecule has 11 nitrogen and oxygen atoms in total. The summed E-state index contributed by atoms with van der Waals surface area (Å²) in [7, 11) is 0. The first-order valence-electron chi connectivity index (χ1n) is 21.7. The van der Waals surface area contributed by atoms with E-state index in [1.165, 1.54) is 18.4 Å². The van der Waals surface area contributed by atoms with Crippen molar-refractivity contribution < 1.29 is 14.6 Å². The van der Waals surface area contributed by atoms with Gasteiger partial charge >= 0.3 is 0 Å². The Kier molecular flexibility index (Phi) is 12.5. The van der Waals surface area contributed by atoms with Crippen molar-refractivity contribution >= 4 is 21.8 Å². The summed E-state index contributed by atoms with van der Waals surface area (Å²) in [6.07, 6.45) is 12.4. The number of hydrogen-bond acceptors (Lipinski definition) is 9. The third-order valence-corrected chi connectivity index (χ3v) is 10.9. The van der Waals surface area contributed by atoms with Gasteiger partial charge in [-0.1, -0.05) is 81.4 Å². The minimum atomic E-state index is -0.660. The maximum Gasteiger partial charge on any atom is 0.127 e. The van der Waals surface area contributed by atoms with E-state index in [1.54, 1.807) is 19.6 Å². The van der Waals surface area contributed by atoms with Crippen LogP contribution >= 0.6 is 0 Å². The summed E-state index contributed by atoms with van der Waals surface area (Å²) in [4.78, 5) is 18.3. The lowest BCUT2D eigenvalue weighted by Crippen LogP contribution is -2.01. The molecular weight excluding hydrogens is 761 g/mol. The van der Waals surface area contributed by atoms with Gasteiger partial charge in [0.15, 0.2) is 0 Å². The molecule has 2 saturated carbocycles. The van der Waals surface area contributed by atoms with Gasteiger partial charge in [0.05, 0.1) is 53.8 Å². The fourth-order valence-electron chi connectivity index (χ4n) is 7.63. The molecule has 8 aromatic rings. The molecule has 1 unspecified atom stereocenters. The van der Waals surface area contributed by atoms with Gasteiger partial charge in [-0.25, -0.2) is 19.9 Å². The van der Waals surface area contributed by atoms with Gasteiger partial charge in [-0.15, -0.1) is 0 Å². The highest BCUT2D eigenvalue weighted by atomic mass is 16.5. The van der Waals surface area contributed by atoms with Crippen LogP contribution in [-0.2, 0) is 6.42 Å². The number of hydrogen-bond donors (Lipinski definition) is 1. The first kappa shape index (κ1) is 41.3. The van der Waals surface area contributed by atoms with E-state index < -0.39 is 6.10 Å². The standard InChI is InChI=1S/C24H24N4O2.C24H24N4O.C2H6/c1-3-30-22-12-21-19(11-18(22)15(2)29)24(26-14-25-21)20-13-28(17-9-10-17)27-23(20)16-7-5-4-6-8-16;1-3-16-12-19-21(13-22(16)29-4-2)25-15-26-24(19)20-14-28(18-10-11-18)27-23(20)17-8-6-5-7-9-17;1-2/h4-8,11-15,17,29H,3,9-10H2,1-2H3;5-9,12-15,18H,3-4,10-11H2,1-2H3;1-2H3. The Bertz CT molecular complexity index is 2740. The van der Waals surface area contributed by atoms with E-state index in [0.717, 1.165) is 97.4 Å². The molecule has 61 heavy (non-hydrogen) atoms. The Labute approximate surface area is 357 Å². The number of aromatic nitrogens is 8. The van der Waals surface area contributed by atoms with Gasteiger partial charge in [-0.2, -0.15) is 10.2 Å². The third kappa shape index (κ3) is 8.74. The average molecular weight is 815 g/mol. The molecule has 312 valence electrons. The van der Waals surface area contributed by atoms with Crippen molar-refractivity contribution in [1.82, 2.24) is 39.5 Å². The normalized spacial score (nSPS) is 13.9. The molecule has 1 N–H and O–H groups in total. The van der Waals surface area contributed by atoms with Crippen molar-refractivity contribution in [2.24, 2.45) is 0 Å². The number of ether oxygens (including phenoxy) is 2. The summed E-state index contributed by atoms with van der Waals surface area (Å²) in [5, 5.41) is 22.1. The summed E-state index contributed by atoms with van der Waals surface area (Å²) in [6.45, 7) is 13.0.